The average molecular weight is 326 g/mol. The van der Waals surface area contributed by atoms with Crippen molar-refractivity contribution >= 4 is 5.65 Å². The van der Waals surface area contributed by atoms with E-state index in [0.717, 1.165) is 28.8 Å². The highest BCUT2D eigenvalue weighted by atomic mass is 16.2. The van der Waals surface area contributed by atoms with Crippen molar-refractivity contribution in [1.29, 1.82) is 0 Å². The molecule has 8 nitrogen and oxygen atoms in total. The van der Waals surface area contributed by atoms with Crippen LogP contribution in [0.2, 0.25) is 0 Å². The van der Waals surface area contributed by atoms with Gasteiger partial charge in [-0.2, -0.15) is 5.10 Å². The summed E-state index contributed by atoms with van der Waals surface area (Å²) in [7, 11) is 0. The molecule has 0 aliphatic heterocycles. The van der Waals surface area contributed by atoms with Crippen LogP contribution in [0.5, 0.6) is 0 Å². The summed E-state index contributed by atoms with van der Waals surface area (Å²) in [5.74, 6) is 0.497. The third-order valence-corrected chi connectivity index (χ3v) is 4.36. The van der Waals surface area contributed by atoms with Crippen LogP contribution in [-0.2, 0) is 13.1 Å². The van der Waals surface area contributed by atoms with Gasteiger partial charge >= 0.3 is 11.1 Å². The van der Waals surface area contributed by atoms with Crippen molar-refractivity contribution in [2.45, 2.75) is 38.8 Å². The third-order valence-electron chi connectivity index (χ3n) is 4.36. The van der Waals surface area contributed by atoms with E-state index in [9.17, 15) is 9.59 Å². The quantitative estimate of drug-likeness (QED) is 0.699. The molecule has 8 heteroatoms. The first-order chi connectivity index (χ1) is 11.6. The topological polar surface area (TPSA) is 100 Å². The predicted molar refractivity (Wildman–Crippen MR) is 88.4 cm³/mol. The second-order valence-electron chi connectivity index (χ2n) is 6.03. The summed E-state index contributed by atoms with van der Waals surface area (Å²) in [4.78, 5) is 29.1. The zero-order chi connectivity index (χ0) is 16.8. The van der Waals surface area contributed by atoms with E-state index in [0.29, 0.717) is 30.3 Å². The summed E-state index contributed by atoms with van der Waals surface area (Å²) in [5.41, 5.74) is 7.45. The van der Waals surface area contributed by atoms with E-state index >= 15 is 0 Å². The first-order valence-electron chi connectivity index (χ1n) is 8.03. The predicted octanol–water partition coefficient (Wildman–Crippen LogP) is 0.398. The van der Waals surface area contributed by atoms with Gasteiger partial charge in [-0.3, -0.25) is 14.2 Å². The average Bonchev–Trinajstić information content (AvgIpc) is 3.35. The number of aryl methyl sites for hydroxylation is 1. The molecule has 24 heavy (non-hydrogen) atoms. The van der Waals surface area contributed by atoms with Crippen LogP contribution in [0.15, 0.2) is 34.4 Å². The van der Waals surface area contributed by atoms with Gasteiger partial charge in [0.15, 0.2) is 5.65 Å². The lowest BCUT2D eigenvalue weighted by Crippen LogP contribution is -2.41. The molecule has 0 bridgehead atoms. The first-order valence-corrected chi connectivity index (χ1v) is 8.03. The summed E-state index contributed by atoms with van der Waals surface area (Å²) in [6, 6.07) is 1.93. The van der Waals surface area contributed by atoms with Gasteiger partial charge in [0.05, 0.1) is 11.4 Å². The second kappa shape index (κ2) is 5.41. The summed E-state index contributed by atoms with van der Waals surface area (Å²) in [6.45, 7) is 2.43. The zero-order valence-corrected chi connectivity index (χ0v) is 13.3. The van der Waals surface area contributed by atoms with Crippen LogP contribution in [0.25, 0.3) is 11.3 Å². The Bertz CT molecular complexity index is 1040. The van der Waals surface area contributed by atoms with E-state index in [1.54, 1.807) is 6.92 Å². The second-order valence-corrected chi connectivity index (χ2v) is 6.03. The summed E-state index contributed by atoms with van der Waals surface area (Å²) >= 11 is 0. The maximum atomic E-state index is 12.5. The number of nitrogens with zero attached hydrogens (tertiary/aromatic N) is 5. The van der Waals surface area contributed by atoms with Gasteiger partial charge < -0.3 is 10.1 Å². The van der Waals surface area contributed by atoms with Crippen molar-refractivity contribution in [3.8, 4) is 5.69 Å². The first kappa shape index (κ1) is 14.8. The number of rotatable bonds is 4. The molecule has 0 spiro atoms. The number of nitrogens with two attached hydrogens (primary N) is 1. The SMILES string of the molecule is CCn1ncn(-c2cc(C3CC3)cn3cc(CN)nc23)c(=O)c1=O. The van der Waals surface area contributed by atoms with Crippen LogP contribution in [0.1, 0.15) is 36.9 Å². The molecule has 3 aromatic heterocycles. The fourth-order valence-electron chi connectivity index (χ4n) is 2.90. The van der Waals surface area contributed by atoms with Crippen molar-refractivity contribution in [3.05, 3.63) is 56.8 Å². The molecule has 0 unspecified atom stereocenters. The van der Waals surface area contributed by atoms with E-state index in [-0.39, 0.29) is 0 Å². The molecular formula is C16H18N6O2. The largest absolute Gasteiger partial charge is 0.332 e. The van der Waals surface area contributed by atoms with E-state index < -0.39 is 11.1 Å². The minimum Gasteiger partial charge on any atom is -0.325 e. The molecule has 3 heterocycles. The zero-order valence-electron chi connectivity index (χ0n) is 13.3. The molecule has 4 rings (SSSR count). The van der Waals surface area contributed by atoms with E-state index in [2.05, 4.69) is 10.1 Å². The molecule has 0 aromatic carbocycles. The van der Waals surface area contributed by atoms with Gasteiger partial charge in [0.25, 0.3) is 0 Å². The fourth-order valence-corrected chi connectivity index (χ4v) is 2.90. The monoisotopic (exact) mass is 326 g/mol. The number of fused-ring (bicyclic) bond motifs is 1. The number of hydrogen-bond donors (Lipinski definition) is 1. The molecular weight excluding hydrogens is 308 g/mol. The van der Waals surface area contributed by atoms with Crippen LogP contribution in [0.4, 0.5) is 0 Å². The fraction of sp³-hybridized carbons (Fsp3) is 0.375. The maximum Gasteiger partial charge on any atom is 0.332 e. The molecule has 0 saturated heterocycles. The normalized spacial score (nSPS) is 14.4. The Kier molecular flexibility index (Phi) is 3.34. The molecule has 1 aliphatic carbocycles. The molecule has 2 N–H and O–H groups in total. The van der Waals surface area contributed by atoms with Crippen molar-refractivity contribution in [1.82, 2.24) is 23.7 Å². The Morgan fingerprint density at radius 1 is 1.25 bits per heavy atom. The van der Waals surface area contributed by atoms with E-state index in [4.69, 9.17) is 5.73 Å². The Morgan fingerprint density at radius 3 is 2.71 bits per heavy atom. The number of hydrogen-bond acceptors (Lipinski definition) is 5. The Balaban J connectivity index is 2.01. The standard InChI is InChI=1S/C16H18N6O2/c1-2-22-16(24)15(23)21(9-18-22)13-5-11(10-3-4-10)7-20-8-12(6-17)19-14(13)20/h5,7-10H,2-4,6,17H2,1H3. The van der Waals surface area contributed by atoms with E-state index in [1.807, 2.05) is 22.9 Å². The molecule has 124 valence electrons. The van der Waals surface area contributed by atoms with Crippen LogP contribution in [-0.4, -0.2) is 23.7 Å². The van der Waals surface area contributed by atoms with E-state index in [1.165, 1.54) is 10.9 Å². The smallest absolute Gasteiger partial charge is 0.325 e. The van der Waals surface area contributed by atoms with Crippen molar-refractivity contribution in [2.75, 3.05) is 0 Å². The van der Waals surface area contributed by atoms with Gasteiger partial charge in [-0.15, -0.1) is 0 Å². The van der Waals surface area contributed by atoms with Crippen LogP contribution < -0.4 is 16.9 Å². The summed E-state index contributed by atoms with van der Waals surface area (Å²) in [5, 5.41) is 4.06. The minimum atomic E-state index is -0.638. The van der Waals surface area contributed by atoms with Crippen LogP contribution >= 0.6 is 0 Å². The molecule has 1 saturated carbocycles. The molecule has 0 amide bonds. The highest BCUT2D eigenvalue weighted by Crippen LogP contribution is 2.40. The van der Waals surface area contributed by atoms with Gasteiger partial charge in [-0.05, 0) is 37.3 Å². The highest BCUT2D eigenvalue weighted by Gasteiger charge is 2.25. The van der Waals surface area contributed by atoms with Gasteiger partial charge in [0.2, 0.25) is 0 Å². The Hall–Kier alpha value is -2.74. The number of pyridine rings is 1. The number of imidazole rings is 1. The lowest BCUT2D eigenvalue weighted by Gasteiger charge is -2.10. The molecule has 1 fully saturated rings. The van der Waals surface area contributed by atoms with Crippen molar-refractivity contribution in [3.63, 3.8) is 0 Å². The lowest BCUT2D eigenvalue weighted by atomic mass is 10.2. The lowest BCUT2D eigenvalue weighted by molar-refractivity contribution is 0.581. The summed E-state index contributed by atoms with van der Waals surface area (Å²) < 4.78 is 4.31. The summed E-state index contributed by atoms with van der Waals surface area (Å²) in [6.07, 6.45) is 7.53. The van der Waals surface area contributed by atoms with Crippen LogP contribution in [0.3, 0.4) is 0 Å². The Labute approximate surface area is 137 Å². The maximum absolute atomic E-state index is 12.5. The van der Waals surface area contributed by atoms with Gasteiger partial charge in [0, 0.05) is 25.5 Å². The highest BCUT2D eigenvalue weighted by molar-refractivity contribution is 5.61. The number of aromatic nitrogens is 5. The Morgan fingerprint density at radius 2 is 2.04 bits per heavy atom. The third kappa shape index (κ3) is 2.26. The van der Waals surface area contributed by atoms with Gasteiger partial charge in [0.1, 0.15) is 6.33 Å². The molecule has 0 radical (unpaired) electrons. The van der Waals surface area contributed by atoms with Crippen molar-refractivity contribution in [2.24, 2.45) is 5.73 Å². The molecule has 1 aliphatic rings. The van der Waals surface area contributed by atoms with Crippen molar-refractivity contribution < 1.29 is 0 Å². The van der Waals surface area contributed by atoms with Crippen LogP contribution in [0, 0.1) is 0 Å². The molecule has 0 atom stereocenters. The van der Waals surface area contributed by atoms with Gasteiger partial charge in [-0.25, -0.2) is 9.67 Å². The molecule has 3 aromatic rings. The van der Waals surface area contributed by atoms with Gasteiger partial charge in [-0.1, -0.05) is 0 Å². The minimum absolute atomic E-state index is 0.310.